The van der Waals surface area contributed by atoms with Crippen molar-refractivity contribution in [2.75, 3.05) is 19.6 Å². The van der Waals surface area contributed by atoms with E-state index in [1.165, 1.54) is 37.5 Å². The summed E-state index contributed by atoms with van der Waals surface area (Å²) in [7, 11) is 0. The van der Waals surface area contributed by atoms with Crippen LogP contribution >= 0.6 is 11.5 Å². The topological polar surface area (TPSA) is 95.4 Å². The average Bonchev–Trinajstić information content (AvgIpc) is 3.01. The molecule has 0 aromatic carbocycles. The number of nitrogens with one attached hydrogen (secondary N) is 1. The number of pyridine rings is 1. The van der Waals surface area contributed by atoms with Gasteiger partial charge in [0.2, 0.25) is 0 Å². The first-order valence-corrected chi connectivity index (χ1v) is 8.31. The van der Waals surface area contributed by atoms with Crippen molar-refractivity contribution in [3.63, 3.8) is 0 Å². The van der Waals surface area contributed by atoms with Crippen molar-refractivity contribution in [3.8, 4) is 0 Å². The molecule has 0 unspecified atom stereocenters. The Balaban J connectivity index is 0.000000485. The Bertz CT molecular complexity index is 697. The highest BCUT2D eigenvalue weighted by Gasteiger charge is 2.35. The number of hydrogen-bond acceptors (Lipinski definition) is 6. The van der Waals surface area contributed by atoms with Gasteiger partial charge in [-0.05, 0) is 55.5 Å². The summed E-state index contributed by atoms with van der Waals surface area (Å²) >= 11 is 1.29. The molecule has 3 aliphatic rings. The third kappa shape index (κ3) is 3.32. The molecule has 5 heterocycles. The summed E-state index contributed by atoms with van der Waals surface area (Å²) in [6, 6.07) is 4.04. The second-order valence-corrected chi connectivity index (χ2v) is 6.46. The summed E-state index contributed by atoms with van der Waals surface area (Å²) in [6.07, 6.45) is 4.13. The maximum Gasteiger partial charge on any atom is 0.290 e. The lowest BCUT2D eigenvalue weighted by Gasteiger charge is -2.44. The molecule has 3 fully saturated rings. The molecular formula is C15H18N4O3S. The summed E-state index contributed by atoms with van der Waals surface area (Å²) in [5.74, 6) is 0.579. The van der Waals surface area contributed by atoms with Gasteiger partial charge in [-0.1, -0.05) is 0 Å². The van der Waals surface area contributed by atoms with Crippen LogP contribution in [0.5, 0.6) is 0 Å². The lowest BCUT2D eigenvalue weighted by Crippen LogP contribution is -2.57. The number of piperidine rings is 3. The molecule has 0 saturated carbocycles. The number of aromatic nitrogens is 2. The van der Waals surface area contributed by atoms with Crippen LogP contribution in [0, 0.1) is 5.92 Å². The van der Waals surface area contributed by atoms with Crippen molar-refractivity contribution in [2.45, 2.75) is 18.9 Å². The average molecular weight is 334 g/mol. The Labute approximate surface area is 137 Å². The van der Waals surface area contributed by atoms with Gasteiger partial charge in [-0.3, -0.25) is 9.59 Å². The fourth-order valence-electron chi connectivity index (χ4n) is 3.31. The Morgan fingerprint density at radius 2 is 2.17 bits per heavy atom. The predicted octanol–water partition coefficient (Wildman–Crippen LogP) is 1.22. The van der Waals surface area contributed by atoms with E-state index in [-0.39, 0.29) is 18.4 Å². The zero-order chi connectivity index (χ0) is 16.2. The zero-order valence-electron chi connectivity index (χ0n) is 12.5. The molecule has 0 aliphatic carbocycles. The van der Waals surface area contributed by atoms with Crippen LogP contribution in [-0.4, -0.2) is 57.4 Å². The Morgan fingerprint density at radius 1 is 1.43 bits per heavy atom. The summed E-state index contributed by atoms with van der Waals surface area (Å²) in [4.78, 5) is 28.3. The summed E-state index contributed by atoms with van der Waals surface area (Å²) in [5.41, 5.74) is 0.523. The lowest BCUT2D eigenvalue weighted by atomic mass is 9.84. The van der Waals surface area contributed by atoms with E-state index in [0.717, 1.165) is 16.8 Å². The van der Waals surface area contributed by atoms with Crippen LogP contribution in [0.2, 0.25) is 0 Å². The highest BCUT2D eigenvalue weighted by Crippen LogP contribution is 2.28. The van der Waals surface area contributed by atoms with E-state index in [1.54, 1.807) is 6.20 Å². The molecule has 2 N–H and O–H groups in total. The van der Waals surface area contributed by atoms with Gasteiger partial charge < -0.3 is 15.3 Å². The van der Waals surface area contributed by atoms with Crippen molar-refractivity contribution in [1.82, 2.24) is 19.6 Å². The Kier molecular flexibility index (Phi) is 4.82. The standard InChI is InChI=1S/C14H16N4OS.CH2O2/c19-13(12-10-2-1-5-15-14(10)20-17-12)16-11-8-18-6-3-9(11)4-7-18;2-1-3/h1-2,5,9,11H,3-4,6-8H2,(H,16,19);1H,(H,2,3)/t11-;/m0./s1. The quantitative estimate of drug-likeness (QED) is 0.802. The molecule has 5 rings (SSSR count). The van der Waals surface area contributed by atoms with E-state index in [2.05, 4.69) is 19.6 Å². The van der Waals surface area contributed by atoms with Gasteiger partial charge in [-0.15, -0.1) is 0 Å². The fraction of sp³-hybridized carbons (Fsp3) is 0.467. The molecule has 8 heteroatoms. The van der Waals surface area contributed by atoms with E-state index < -0.39 is 0 Å². The van der Waals surface area contributed by atoms with Gasteiger partial charge >= 0.3 is 0 Å². The fourth-order valence-corrected chi connectivity index (χ4v) is 4.04. The highest BCUT2D eigenvalue weighted by molar-refractivity contribution is 7.13. The molecule has 0 radical (unpaired) electrons. The summed E-state index contributed by atoms with van der Waals surface area (Å²) < 4.78 is 4.28. The predicted molar refractivity (Wildman–Crippen MR) is 86.5 cm³/mol. The summed E-state index contributed by atoms with van der Waals surface area (Å²) in [5, 5.41) is 10.9. The van der Waals surface area contributed by atoms with Crippen molar-refractivity contribution >= 4 is 34.1 Å². The molecule has 2 aromatic rings. The van der Waals surface area contributed by atoms with Crippen LogP contribution in [-0.2, 0) is 4.79 Å². The molecule has 2 bridgehead atoms. The van der Waals surface area contributed by atoms with Crippen molar-refractivity contribution in [1.29, 1.82) is 0 Å². The molecule has 1 atom stereocenters. The minimum Gasteiger partial charge on any atom is -0.483 e. The third-order valence-corrected chi connectivity index (χ3v) is 5.21. The molecule has 122 valence electrons. The third-order valence-electron chi connectivity index (χ3n) is 4.44. The normalized spacial score (nSPS) is 25.5. The van der Waals surface area contributed by atoms with Crippen LogP contribution in [0.3, 0.4) is 0 Å². The number of carbonyl (C=O) groups is 2. The minimum absolute atomic E-state index is 0.0528. The van der Waals surface area contributed by atoms with E-state index in [0.29, 0.717) is 11.6 Å². The van der Waals surface area contributed by atoms with Crippen LogP contribution in [0.15, 0.2) is 18.3 Å². The number of amides is 1. The molecular weight excluding hydrogens is 316 g/mol. The largest absolute Gasteiger partial charge is 0.483 e. The SMILES string of the molecule is O=C(N[C@H]1CN2CCC1CC2)c1nsc2ncccc12.O=CO. The number of carboxylic acid groups (broad SMARTS) is 1. The van der Waals surface area contributed by atoms with Gasteiger partial charge in [0.1, 0.15) is 4.83 Å². The Hall–Kier alpha value is -2.06. The van der Waals surface area contributed by atoms with E-state index in [9.17, 15) is 4.79 Å². The van der Waals surface area contributed by atoms with Crippen molar-refractivity contribution in [2.24, 2.45) is 5.92 Å². The highest BCUT2D eigenvalue weighted by atomic mass is 32.1. The lowest BCUT2D eigenvalue weighted by molar-refractivity contribution is -0.122. The van der Waals surface area contributed by atoms with Crippen LogP contribution in [0.25, 0.3) is 10.2 Å². The van der Waals surface area contributed by atoms with Crippen molar-refractivity contribution < 1.29 is 14.7 Å². The van der Waals surface area contributed by atoms with Gasteiger partial charge in [-0.2, -0.15) is 4.37 Å². The van der Waals surface area contributed by atoms with E-state index >= 15 is 0 Å². The number of rotatable bonds is 2. The van der Waals surface area contributed by atoms with Gasteiger partial charge in [-0.25, -0.2) is 4.98 Å². The van der Waals surface area contributed by atoms with Crippen LogP contribution in [0.1, 0.15) is 23.3 Å². The van der Waals surface area contributed by atoms with Gasteiger partial charge in [0.05, 0.1) is 0 Å². The van der Waals surface area contributed by atoms with E-state index in [1.807, 2.05) is 12.1 Å². The number of carbonyl (C=O) groups excluding carboxylic acids is 1. The first-order chi connectivity index (χ1) is 11.2. The molecule has 3 aliphatic heterocycles. The second-order valence-electron chi connectivity index (χ2n) is 5.71. The Morgan fingerprint density at radius 3 is 2.83 bits per heavy atom. The first kappa shape index (κ1) is 15.8. The first-order valence-electron chi connectivity index (χ1n) is 7.54. The molecule has 1 amide bonds. The smallest absolute Gasteiger partial charge is 0.290 e. The van der Waals surface area contributed by atoms with Crippen molar-refractivity contribution in [3.05, 3.63) is 24.0 Å². The van der Waals surface area contributed by atoms with Gasteiger partial charge in [0, 0.05) is 24.2 Å². The zero-order valence-corrected chi connectivity index (χ0v) is 13.3. The summed E-state index contributed by atoms with van der Waals surface area (Å²) in [6.45, 7) is 3.10. The molecule has 0 spiro atoms. The van der Waals surface area contributed by atoms with Crippen LogP contribution in [0.4, 0.5) is 0 Å². The number of hydrogen-bond donors (Lipinski definition) is 2. The monoisotopic (exact) mass is 334 g/mol. The molecule has 7 nitrogen and oxygen atoms in total. The van der Waals surface area contributed by atoms with E-state index in [4.69, 9.17) is 9.90 Å². The minimum atomic E-state index is -0.250. The maximum absolute atomic E-state index is 12.5. The van der Waals surface area contributed by atoms with Gasteiger partial charge in [0.25, 0.3) is 12.4 Å². The molecule has 2 aromatic heterocycles. The number of fused-ring (bicyclic) bond motifs is 4. The second kappa shape index (κ2) is 7.01. The molecule has 3 saturated heterocycles. The van der Waals surface area contributed by atoms with Gasteiger partial charge in [0.15, 0.2) is 5.69 Å². The maximum atomic E-state index is 12.5. The number of nitrogens with zero attached hydrogens (tertiary/aromatic N) is 3. The molecule has 23 heavy (non-hydrogen) atoms. The van der Waals surface area contributed by atoms with Crippen LogP contribution < -0.4 is 5.32 Å².